The van der Waals surface area contributed by atoms with Crippen molar-refractivity contribution in [2.75, 3.05) is 13.2 Å². The lowest BCUT2D eigenvalue weighted by Crippen LogP contribution is -2.24. The minimum atomic E-state index is -0.533. The Hall–Kier alpha value is -3.84. The predicted molar refractivity (Wildman–Crippen MR) is 126 cm³/mol. The Morgan fingerprint density at radius 3 is 2.39 bits per heavy atom. The topological polar surface area (TPSA) is 86.2 Å². The molecule has 8 heteroatoms. The van der Waals surface area contributed by atoms with E-state index in [2.05, 4.69) is 10.5 Å². The van der Waals surface area contributed by atoms with E-state index in [1.807, 2.05) is 26.0 Å². The van der Waals surface area contributed by atoms with Gasteiger partial charge in [0.15, 0.2) is 18.1 Å². The summed E-state index contributed by atoms with van der Waals surface area (Å²) in [6.45, 7) is 4.00. The molecule has 170 valence electrons. The highest BCUT2D eigenvalue weighted by Gasteiger charge is 2.13. The molecule has 1 N–H and O–H groups in total. The lowest BCUT2D eigenvalue weighted by atomic mass is 10.2. The van der Waals surface area contributed by atoms with E-state index in [1.165, 1.54) is 6.21 Å². The summed E-state index contributed by atoms with van der Waals surface area (Å²) >= 11 is 5.85. The van der Waals surface area contributed by atoms with Crippen molar-refractivity contribution in [3.05, 3.63) is 88.4 Å². The van der Waals surface area contributed by atoms with E-state index in [0.29, 0.717) is 34.3 Å². The Bertz CT molecular complexity index is 1130. The van der Waals surface area contributed by atoms with Gasteiger partial charge in [-0.25, -0.2) is 10.2 Å². The molecular formula is C25H23ClN2O5. The fourth-order valence-corrected chi connectivity index (χ4v) is 2.82. The second-order valence-corrected chi connectivity index (χ2v) is 7.37. The number of carbonyl (C=O) groups excluding carboxylic acids is 2. The normalized spacial score (nSPS) is 10.6. The van der Waals surface area contributed by atoms with Crippen molar-refractivity contribution in [2.45, 2.75) is 13.8 Å². The summed E-state index contributed by atoms with van der Waals surface area (Å²) in [5.74, 6) is 0.312. The van der Waals surface area contributed by atoms with Crippen LogP contribution in [0, 0.1) is 6.92 Å². The Kier molecular flexibility index (Phi) is 8.43. The Labute approximate surface area is 196 Å². The molecule has 0 spiro atoms. The van der Waals surface area contributed by atoms with Gasteiger partial charge in [-0.2, -0.15) is 5.10 Å². The first-order valence-electron chi connectivity index (χ1n) is 10.2. The van der Waals surface area contributed by atoms with Gasteiger partial charge in [-0.15, -0.1) is 0 Å². The number of halogens is 1. The molecule has 0 aliphatic carbocycles. The number of nitrogens with zero attached hydrogens (tertiary/aromatic N) is 1. The number of aryl methyl sites for hydroxylation is 1. The fourth-order valence-electron chi connectivity index (χ4n) is 2.70. The van der Waals surface area contributed by atoms with Crippen LogP contribution >= 0.6 is 11.6 Å². The minimum Gasteiger partial charge on any atom is -0.490 e. The molecular weight excluding hydrogens is 444 g/mol. The van der Waals surface area contributed by atoms with Gasteiger partial charge in [-0.05, 0) is 74.0 Å². The molecule has 0 bridgehead atoms. The third kappa shape index (κ3) is 7.36. The summed E-state index contributed by atoms with van der Waals surface area (Å²) in [6, 6.07) is 18.7. The molecule has 0 heterocycles. The second-order valence-electron chi connectivity index (χ2n) is 6.93. The number of hydrogen-bond acceptors (Lipinski definition) is 6. The fraction of sp³-hybridized carbons (Fsp3) is 0.160. The van der Waals surface area contributed by atoms with E-state index in [1.54, 1.807) is 54.6 Å². The van der Waals surface area contributed by atoms with E-state index >= 15 is 0 Å². The van der Waals surface area contributed by atoms with Crippen molar-refractivity contribution in [2.24, 2.45) is 5.10 Å². The molecule has 0 fully saturated rings. The third-order valence-electron chi connectivity index (χ3n) is 4.34. The van der Waals surface area contributed by atoms with Crippen LogP contribution in [0.25, 0.3) is 0 Å². The zero-order valence-corrected chi connectivity index (χ0v) is 19.0. The average Bonchev–Trinajstić information content (AvgIpc) is 2.81. The molecule has 1 amide bonds. The summed E-state index contributed by atoms with van der Waals surface area (Å²) in [6.07, 6.45) is 1.46. The number of rotatable bonds is 9. The van der Waals surface area contributed by atoms with Gasteiger partial charge in [0, 0.05) is 5.02 Å². The Morgan fingerprint density at radius 1 is 0.970 bits per heavy atom. The van der Waals surface area contributed by atoms with Gasteiger partial charge < -0.3 is 14.2 Å². The number of amides is 1. The van der Waals surface area contributed by atoms with E-state index in [4.69, 9.17) is 25.8 Å². The summed E-state index contributed by atoms with van der Waals surface area (Å²) < 4.78 is 16.5. The Balaban J connectivity index is 1.58. The van der Waals surface area contributed by atoms with Gasteiger partial charge in [0.25, 0.3) is 5.91 Å². The highest BCUT2D eigenvalue weighted by molar-refractivity contribution is 6.30. The maximum absolute atomic E-state index is 12.4. The van der Waals surface area contributed by atoms with E-state index in [9.17, 15) is 9.59 Å². The van der Waals surface area contributed by atoms with Gasteiger partial charge in [-0.3, -0.25) is 4.79 Å². The van der Waals surface area contributed by atoms with E-state index < -0.39 is 11.9 Å². The second kappa shape index (κ2) is 11.7. The van der Waals surface area contributed by atoms with Crippen LogP contribution in [0.2, 0.25) is 5.02 Å². The van der Waals surface area contributed by atoms with Crippen LogP contribution in [0.1, 0.15) is 28.4 Å². The first kappa shape index (κ1) is 23.8. The van der Waals surface area contributed by atoms with Crippen LogP contribution in [-0.4, -0.2) is 31.3 Å². The van der Waals surface area contributed by atoms with Gasteiger partial charge in [0.2, 0.25) is 0 Å². The van der Waals surface area contributed by atoms with Crippen molar-refractivity contribution in [3.8, 4) is 17.2 Å². The van der Waals surface area contributed by atoms with Crippen molar-refractivity contribution in [1.29, 1.82) is 0 Å². The van der Waals surface area contributed by atoms with E-state index in [-0.39, 0.29) is 12.4 Å². The molecule has 0 saturated carbocycles. The van der Waals surface area contributed by atoms with Crippen LogP contribution in [0.15, 0.2) is 71.8 Å². The van der Waals surface area contributed by atoms with Gasteiger partial charge in [-0.1, -0.05) is 29.3 Å². The first-order chi connectivity index (χ1) is 15.9. The average molecular weight is 467 g/mol. The maximum atomic E-state index is 12.4. The standard InChI is InChI=1S/C25H23ClN2O5/c1-3-31-23-14-18(6-13-22(23)33-25(30)19-7-9-20(26)10-8-19)15-27-28-24(29)16-32-21-11-4-17(2)5-12-21/h4-15H,3,16H2,1-2H3,(H,28,29)/b27-15+. The minimum absolute atomic E-state index is 0.163. The predicted octanol–water partition coefficient (Wildman–Crippen LogP) is 4.80. The van der Waals surface area contributed by atoms with Crippen molar-refractivity contribution >= 4 is 29.7 Å². The zero-order chi connectivity index (χ0) is 23.6. The van der Waals surface area contributed by atoms with E-state index in [0.717, 1.165) is 5.56 Å². The number of esters is 1. The molecule has 0 radical (unpaired) electrons. The largest absolute Gasteiger partial charge is 0.490 e. The first-order valence-corrected chi connectivity index (χ1v) is 10.6. The summed E-state index contributed by atoms with van der Waals surface area (Å²) in [4.78, 5) is 24.3. The lowest BCUT2D eigenvalue weighted by molar-refractivity contribution is -0.123. The monoisotopic (exact) mass is 466 g/mol. The van der Waals surface area contributed by atoms with Crippen LogP contribution in [0.4, 0.5) is 0 Å². The summed E-state index contributed by atoms with van der Waals surface area (Å²) in [7, 11) is 0. The molecule has 3 aromatic rings. The maximum Gasteiger partial charge on any atom is 0.343 e. The van der Waals surface area contributed by atoms with Crippen LogP contribution in [0.3, 0.4) is 0 Å². The van der Waals surface area contributed by atoms with Crippen molar-refractivity contribution in [1.82, 2.24) is 5.43 Å². The van der Waals surface area contributed by atoms with Gasteiger partial charge in [0.05, 0.1) is 18.4 Å². The molecule has 0 saturated heterocycles. The van der Waals surface area contributed by atoms with Crippen LogP contribution in [0.5, 0.6) is 17.2 Å². The number of hydrogen-bond donors (Lipinski definition) is 1. The van der Waals surface area contributed by atoms with Gasteiger partial charge in [0.1, 0.15) is 5.75 Å². The number of ether oxygens (including phenoxy) is 3. The molecule has 3 rings (SSSR count). The SMILES string of the molecule is CCOc1cc(/C=N/NC(=O)COc2ccc(C)cc2)ccc1OC(=O)c1ccc(Cl)cc1. The molecule has 0 aromatic heterocycles. The van der Waals surface area contributed by atoms with Crippen LogP contribution < -0.4 is 19.6 Å². The molecule has 0 unspecified atom stereocenters. The lowest BCUT2D eigenvalue weighted by Gasteiger charge is -2.11. The summed E-state index contributed by atoms with van der Waals surface area (Å²) in [5.41, 5.74) is 4.52. The highest BCUT2D eigenvalue weighted by atomic mass is 35.5. The Morgan fingerprint density at radius 2 is 1.70 bits per heavy atom. The molecule has 3 aromatic carbocycles. The molecule has 0 aliphatic heterocycles. The van der Waals surface area contributed by atoms with Crippen molar-refractivity contribution < 1.29 is 23.8 Å². The number of hydrazone groups is 1. The summed E-state index contributed by atoms with van der Waals surface area (Å²) in [5, 5.41) is 4.46. The number of nitrogens with one attached hydrogen (secondary N) is 1. The molecule has 0 atom stereocenters. The highest BCUT2D eigenvalue weighted by Crippen LogP contribution is 2.29. The number of benzene rings is 3. The number of carbonyl (C=O) groups is 2. The smallest absolute Gasteiger partial charge is 0.343 e. The molecule has 0 aliphatic rings. The van der Waals surface area contributed by atoms with Crippen LogP contribution in [-0.2, 0) is 4.79 Å². The molecule has 33 heavy (non-hydrogen) atoms. The third-order valence-corrected chi connectivity index (χ3v) is 4.60. The van der Waals surface area contributed by atoms with Gasteiger partial charge >= 0.3 is 5.97 Å². The zero-order valence-electron chi connectivity index (χ0n) is 18.2. The molecule has 7 nitrogen and oxygen atoms in total. The van der Waals surface area contributed by atoms with Crippen molar-refractivity contribution in [3.63, 3.8) is 0 Å². The quantitative estimate of drug-likeness (QED) is 0.212.